The average molecular weight is 282 g/mol. The zero-order valence-electron chi connectivity index (χ0n) is 12.2. The number of nitrogens with zero attached hydrogens (tertiary/aromatic N) is 1. The molecular weight excluding hydrogens is 264 g/mol. The molecule has 0 unspecified atom stereocenters. The fourth-order valence-corrected chi connectivity index (χ4v) is 2.38. The molecule has 0 saturated heterocycles. The van der Waals surface area contributed by atoms with Crippen LogP contribution < -0.4 is 10.6 Å². The molecule has 0 atom stereocenters. The minimum Gasteiger partial charge on any atom is -0.377 e. The van der Waals surface area contributed by atoms with Gasteiger partial charge in [0.2, 0.25) is 5.91 Å². The molecule has 4 nitrogen and oxygen atoms in total. The van der Waals surface area contributed by atoms with Crippen molar-refractivity contribution >= 4 is 17.4 Å². The van der Waals surface area contributed by atoms with Crippen molar-refractivity contribution in [1.29, 1.82) is 0 Å². The van der Waals surface area contributed by atoms with Gasteiger partial charge in [-0.2, -0.15) is 0 Å². The molecule has 2 rings (SSSR count). The molecule has 2 aromatic rings. The molecule has 108 valence electrons. The van der Waals surface area contributed by atoms with Crippen molar-refractivity contribution in [3.8, 4) is 0 Å². The summed E-state index contributed by atoms with van der Waals surface area (Å²) in [5.41, 5.74) is 7.98. The number of hydrogen-bond acceptors (Lipinski definition) is 3. The second kappa shape index (κ2) is 6.22. The van der Waals surface area contributed by atoms with Crippen LogP contribution in [0.2, 0.25) is 0 Å². The molecule has 1 amide bonds. The van der Waals surface area contributed by atoms with Gasteiger partial charge in [0.15, 0.2) is 5.78 Å². The third-order valence-corrected chi connectivity index (χ3v) is 3.21. The second-order valence-electron chi connectivity index (χ2n) is 5.05. The number of primary amides is 1. The Bertz CT molecular complexity index is 664. The van der Waals surface area contributed by atoms with Crippen LogP contribution in [0, 0.1) is 0 Å². The first kappa shape index (κ1) is 14.8. The summed E-state index contributed by atoms with van der Waals surface area (Å²) in [6.45, 7) is 0. The molecule has 0 spiro atoms. The van der Waals surface area contributed by atoms with E-state index in [0.717, 1.165) is 11.3 Å². The van der Waals surface area contributed by atoms with E-state index in [1.807, 2.05) is 43.3 Å². The van der Waals surface area contributed by atoms with Crippen LogP contribution in [-0.2, 0) is 11.2 Å². The fraction of sp³-hybridized carbons (Fsp3) is 0.176. The summed E-state index contributed by atoms with van der Waals surface area (Å²) < 4.78 is 0. The lowest BCUT2D eigenvalue weighted by Gasteiger charge is -2.20. The lowest BCUT2D eigenvalue weighted by Crippen LogP contribution is -2.20. The predicted octanol–water partition coefficient (Wildman–Crippen LogP) is 2.01. The molecule has 4 heteroatoms. The Morgan fingerprint density at radius 2 is 1.67 bits per heavy atom. The molecule has 0 bridgehead atoms. The Balaban J connectivity index is 2.53. The third-order valence-electron chi connectivity index (χ3n) is 3.21. The van der Waals surface area contributed by atoms with Gasteiger partial charge < -0.3 is 10.6 Å². The van der Waals surface area contributed by atoms with E-state index in [9.17, 15) is 9.59 Å². The van der Waals surface area contributed by atoms with Crippen molar-refractivity contribution < 1.29 is 9.59 Å². The van der Waals surface area contributed by atoms with Crippen molar-refractivity contribution in [2.75, 3.05) is 19.0 Å². The van der Waals surface area contributed by atoms with E-state index in [4.69, 9.17) is 5.73 Å². The number of benzene rings is 2. The Kier molecular flexibility index (Phi) is 4.38. The molecule has 0 fully saturated rings. The molecule has 0 heterocycles. The van der Waals surface area contributed by atoms with Gasteiger partial charge in [-0.05, 0) is 11.6 Å². The van der Waals surface area contributed by atoms with Gasteiger partial charge in [-0.1, -0.05) is 42.5 Å². The predicted molar refractivity (Wildman–Crippen MR) is 83.5 cm³/mol. The average Bonchev–Trinajstić information content (AvgIpc) is 2.46. The van der Waals surface area contributed by atoms with Gasteiger partial charge in [-0.3, -0.25) is 9.59 Å². The smallest absolute Gasteiger partial charge is 0.221 e. The van der Waals surface area contributed by atoms with E-state index in [0.29, 0.717) is 11.1 Å². The van der Waals surface area contributed by atoms with Crippen LogP contribution in [0.15, 0.2) is 48.5 Å². The van der Waals surface area contributed by atoms with Crippen molar-refractivity contribution in [3.63, 3.8) is 0 Å². The summed E-state index contributed by atoms with van der Waals surface area (Å²) >= 11 is 0. The number of hydrogen-bond donors (Lipinski definition) is 1. The highest BCUT2D eigenvalue weighted by Gasteiger charge is 2.18. The first-order valence-electron chi connectivity index (χ1n) is 6.68. The monoisotopic (exact) mass is 282 g/mol. The minimum absolute atomic E-state index is 0.0642. The van der Waals surface area contributed by atoms with Gasteiger partial charge in [-0.25, -0.2) is 0 Å². The molecule has 0 radical (unpaired) electrons. The van der Waals surface area contributed by atoms with Crippen LogP contribution in [0.3, 0.4) is 0 Å². The van der Waals surface area contributed by atoms with Gasteiger partial charge in [-0.15, -0.1) is 0 Å². The summed E-state index contributed by atoms with van der Waals surface area (Å²) in [7, 11) is 3.70. The standard InChI is InChI=1S/C17H18N2O2/c1-19(2)16-13(11-15(18)20)9-6-10-14(16)17(21)12-7-4-3-5-8-12/h3-10H,11H2,1-2H3,(H2,18,20). The van der Waals surface area contributed by atoms with Gasteiger partial charge in [0.25, 0.3) is 0 Å². The summed E-state index contributed by atoms with van der Waals surface area (Å²) in [5, 5.41) is 0. The topological polar surface area (TPSA) is 63.4 Å². The summed E-state index contributed by atoms with van der Waals surface area (Å²) in [4.78, 5) is 25.7. The molecule has 0 aliphatic heterocycles. The van der Waals surface area contributed by atoms with E-state index in [-0.39, 0.29) is 12.2 Å². The fourth-order valence-electron chi connectivity index (χ4n) is 2.38. The molecule has 2 aromatic carbocycles. The van der Waals surface area contributed by atoms with Crippen LogP contribution in [0.5, 0.6) is 0 Å². The lowest BCUT2D eigenvalue weighted by atomic mass is 9.97. The maximum atomic E-state index is 12.7. The number of nitrogens with two attached hydrogens (primary N) is 1. The van der Waals surface area contributed by atoms with Gasteiger partial charge in [0.05, 0.1) is 12.1 Å². The van der Waals surface area contributed by atoms with Crippen LogP contribution in [0.25, 0.3) is 0 Å². The van der Waals surface area contributed by atoms with Crippen molar-refractivity contribution in [2.45, 2.75) is 6.42 Å². The summed E-state index contributed by atoms with van der Waals surface area (Å²) in [5.74, 6) is -0.479. The number of carbonyl (C=O) groups excluding carboxylic acids is 2. The molecule has 0 aromatic heterocycles. The lowest BCUT2D eigenvalue weighted by molar-refractivity contribution is -0.117. The van der Waals surface area contributed by atoms with E-state index in [1.165, 1.54) is 0 Å². The van der Waals surface area contributed by atoms with Crippen LogP contribution in [0.1, 0.15) is 21.5 Å². The van der Waals surface area contributed by atoms with Crippen molar-refractivity contribution in [3.05, 3.63) is 65.2 Å². The SMILES string of the molecule is CN(C)c1c(CC(N)=O)cccc1C(=O)c1ccccc1. The highest BCUT2D eigenvalue weighted by atomic mass is 16.1. The first-order valence-corrected chi connectivity index (χ1v) is 6.68. The Morgan fingerprint density at radius 3 is 2.24 bits per heavy atom. The number of rotatable bonds is 5. The van der Waals surface area contributed by atoms with Gasteiger partial charge >= 0.3 is 0 Å². The zero-order valence-corrected chi connectivity index (χ0v) is 12.2. The number of ketones is 1. The molecule has 2 N–H and O–H groups in total. The minimum atomic E-state index is -0.414. The molecule has 0 aliphatic rings. The zero-order chi connectivity index (χ0) is 15.4. The van der Waals surface area contributed by atoms with Crippen LogP contribution in [0.4, 0.5) is 5.69 Å². The Hall–Kier alpha value is -2.62. The number of para-hydroxylation sites is 1. The Labute approximate surface area is 124 Å². The van der Waals surface area contributed by atoms with Gasteiger partial charge in [0, 0.05) is 25.2 Å². The highest BCUT2D eigenvalue weighted by Crippen LogP contribution is 2.26. The maximum Gasteiger partial charge on any atom is 0.221 e. The van der Waals surface area contributed by atoms with E-state index in [1.54, 1.807) is 24.3 Å². The van der Waals surface area contributed by atoms with E-state index >= 15 is 0 Å². The highest BCUT2D eigenvalue weighted by molar-refractivity contribution is 6.13. The van der Waals surface area contributed by atoms with Crippen molar-refractivity contribution in [1.82, 2.24) is 0 Å². The third kappa shape index (κ3) is 3.28. The largest absolute Gasteiger partial charge is 0.377 e. The molecule has 0 aliphatic carbocycles. The Morgan fingerprint density at radius 1 is 1.00 bits per heavy atom. The number of carbonyl (C=O) groups is 2. The first-order chi connectivity index (χ1) is 10.0. The molecule has 21 heavy (non-hydrogen) atoms. The summed E-state index contributed by atoms with van der Waals surface area (Å²) in [6.07, 6.45) is 0.115. The summed E-state index contributed by atoms with van der Waals surface area (Å²) in [6, 6.07) is 14.5. The normalized spacial score (nSPS) is 10.2. The van der Waals surface area contributed by atoms with E-state index in [2.05, 4.69) is 0 Å². The number of anilines is 1. The quantitative estimate of drug-likeness (QED) is 0.853. The van der Waals surface area contributed by atoms with Crippen LogP contribution in [-0.4, -0.2) is 25.8 Å². The molecule has 0 saturated carbocycles. The molecular formula is C17H18N2O2. The van der Waals surface area contributed by atoms with Gasteiger partial charge in [0.1, 0.15) is 0 Å². The second-order valence-corrected chi connectivity index (χ2v) is 5.05. The number of amides is 1. The van der Waals surface area contributed by atoms with Crippen molar-refractivity contribution in [2.24, 2.45) is 5.73 Å². The van der Waals surface area contributed by atoms with E-state index < -0.39 is 5.91 Å². The maximum absolute atomic E-state index is 12.7. The van der Waals surface area contributed by atoms with Crippen LogP contribution >= 0.6 is 0 Å².